The number of hydrogen-bond donors (Lipinski definition) is 2. The quantitative estimate of drug-likeness (QED) is 0.294. The van der Waals surface area contributed by atoms with Crippen LogP contribution in [0.5, 0.6) is 5.75 Å². The highest BCUT2D eigenvalue weighted by molar-refractivity contribution is 5.99. The van der Waals surface area contributed by atoms with E-state index in [1.54, 1.807) is 57.0 Å². The van der Waals surface area contributed by atoms with Crippen LogP contribution in [0.3, 0.4) is 0 Å². The maximum absolute atomic E-state index is 14.5. The summed E-state index contributed by atoms with van der Waals surface area (Å²) in [6.07, 6.45) is -0.478. The largest absolute Gasteiger partial charge is 0.497 e. The van der Waals surface area contributed by atoms with E-state index in [0.717, 1.165) is 16.7 Å². The van der Waals surface area contributed by atoms with Gasteiger partial charge in [-0.15, -0.1) is 0 Å². The first-order valence-electron chi connectivity index (χ1n) is 14.2. The van der Waals surface area contributed by atoms with Gasteiger partial charge in [0.25, 0.3) is 5.91 Å². The summed E-state index contributed by atoms with van der Waals surface area (Å²) < 4.78 is 10.8. The molecule has 3 amide bonds. The van der Waals surface area contributed by atoms with Gasteiger partial charge < -0.3 is 25.0 Å². The average Bonchev–Trinajstić information content (AvgIpc) is 2.92. The number of alkyl carbamates (subject to hydrolysis) is 1. The Morgan fingerprint density at radius 3 is 2.10 bits per heavy atom. The van der Waals surface area contributed by atoms with Crippen molar-refractivity contribution in [1.82, 2.24) is 10.2 Å². The molecule has 3 rings (SSSR count). The Kier molecular flexibility index (Phi) is 10.8. The lowest BCUT2D eigenvalue weighted by Gasteiger charge is -2.38. The van der Waals surface area contributed by atoms with Crippen LogP contribution in [0.1, 0.15) is 62.9 Å². The highest BCUT2D eigenvalue weighted by atomic mass is 16.6. The fraction of sp³-hybridized carbons (Fsp3) is 0.382. The van der Waals surface area contributed by atoms with E-state index in [9.17, 15) is 14.4 Å². The van der Waals surface area contributed by atoms with Gasteiger partial charge in [0.1, 0.15) is 23.4 Å². The van der Waals surface area contributed by atoms with E-state index < -0.39 is 29.7 Å². The molecule has 3 aromatic carbocycles. The van der Waals surface area contributed by atoms with Crippen LogP contribution >= 0.6 is 0 Å². The van der Waals surface area contributed by atoms with Crippen LogP contribution in [0.15, 0.2) is 72.8 Å². The number of methoxy groups -OCH3 is 1. The van der Waals surface area contributed by atoms with E-state index >= 15 is 0 Å². The number of nitrogens with one attached hydrogen (secondary N) is 2. The van der Waals surface area contributed by atoms with Crippen molar-refractivity contribution in [3.63, 3.8) is 0 Å². The van der Waals surface area contributed by atoms with Crippen molar-refractivity contribution in [2.45, 2.75) is 78.6 Å². The Morgan fingerprint density at radius 2 is 1.52 bits per heavy atom. The summed E-state index contributed by atoms with van der Waals surface area (Å²) >= 11 is 0. The van der Waals surface area contributed by atoms with Gasteiger partial charge in [-0.1, -0.05) is 48.5 Å². The number of nitrogens with zero attached hydrogens (tertiary/aromatic N) is 1. The molecule has 0 aromatic heterocycles. The van der Waals surface area contributed by atoms with Crippen molar-refractivity contribution < 1.29 is 23.9 Å². The van der Waals surface area contributed by atoms with Gasteiger partial charge in [-0.2, -0.15) is 0 Å². The smallest absolute Gasteiger partial charge is 0.408 e. The lowest BCUT2D eigenvalue weighted by atomic mass is 9.93. The molecule has 0 saturated heterocycles. The van der Waals surface area contributed by atoms with Gasteiger partial charge in [0, 0.05) is 18.2 Å². The van der Waals surface area contributed by atoms with Gasteiger partial charge in [-0.25, -0.2) is 4.79 Å². The highest BCUT2D eigenvalue weighted by Crippen LogP contribution is 2.30. The zero-order chi connectivity index (χ0) is 31.0. The van der Waals surface area contributed by atoms with Gasteiger partial charge in [0.15, 0.2) is 0 Å². The molecule has 0 spiro atoms. The topological polar surface area (TPSA) is 97.0 Å². The molecule has 0 radical (unpaired) electrons. The fourth-order valence-corrected chi connectivity index (χ4v) is 4.73. The Bertz CT molecular complexity index is 1360. The zero-order valence-electron chi connectivity index (χ0n) is 25.9. The molecule has 42 heavy (non-hydrogen) atoms. The maximum atomic E-state index is 14.5. The summed E-state index contributed by atoms with van der Waals surface area (Å²) in [7, 11) is 1.58. The minimum atomic E-state index is -0.981. The molecule has 2 atom stereocenters. The number of ether oxygens (including phenoxy) is 2. The number of anilines is 1. The van der Waals surface area contributed by atoms with Crippen LogP contribution in [0.4, 0.5) is 10.5 Å². The molecule has 0 aliphatic carbocycles. The minimum absolute atomic E-state index is 0.224. The predicted octanol–water partition coefficient (Wildman–Crippen LogP) is 6.36. The molecule has 0 aliphatic rings. The minimum Gasteiger partial charge on any atom is -0.497 e. The van der Waals surface area contributed by atoms with Crippen LogP contribution in [0.25, 0.3) is 0 Å². The molecule has 0 fully saturated rings. The summed E-state index contributed by atoms with van der Waals surface area (Å²) in [6.45, 7) is 12.9. The number of hydrogen-bond acceptors (Lipinski definition) is 5. The van der Waals surface area contributed by atoms with Gasteiger partial charge in [0.05, 0.1) is 7.11 Å². The monoisotopic (exact) mass is 573 g/mol. The average molecular weight is 574 g/mol. The van der Waals surface area contributed by atoms with E-state index in [1.165, 1.54) is 0 Å². The standard InChI is InChI=1S/C34H43N3O5/c1-22(2)37(32(39)29(21-25-14-10-9-11-15-25)36-33(40)42-34(5,6)7)30(28-16-12-13-23(3)24(28)4)31(38)35-26-17-19-27(41-8)20-18-26/h9-20,22,29-30H,21H2,1-8H3,(H,35,38)(H,36,40). The van der Waals surface area contributed by atoms with E-state index in [2.05, 4.69) is 10.6 Å². The van der Waals surface area contributed by atoms with E-state index in [-0.39, 0.29) is 18.4 Å². The zero-order valence-corrected chi connectivity index (χ0v) is 25.9. The Morgan fingerprint density at radius 1 is 0.881 bits per heavy atom. The first kappa shape index (κ1) is 32.2. The first-order chi connectivity index (χ1) is 19.8. The van der Waals surface area contributed by atoms with Gasteiger partial charge >= 0.3 is 6.09 Å². The molecular formula is C34H43N3O5. The van der Waals surface area contributed by atoms with Crippen molar-refractivity contribution in [2.75, 3.05) is 12.4 Å². The van der Waals surface area contributed by atoms with E-state index in [1.807, 2.05) is 76.2 Å². The second-order valence-corrected chi connectivity index (χ2v) is 11.6. The molecule has 0 bridgehead atoms. The highest BCUT2D eigenvalue weighted by Gasteiger charge is 2.38. The molecule has 2 unspecified atom stereocenters. The van der Waals surface area contributed by atoms with Crippen molar-refractivity contribution in [3.05, 3.63) is 95.1 Å². The third kappa shape index (κ3) is 8.59. The normalized spacial score (nSPS) is 12.7. The van der Waals surface area contributed by atoms with Crippen molar-refractivity contribution in [1.29, 1.82) is 0 Å². The summed E-state index contributed by atoms with van der Waals surface area (Å²) in [4.78, 5) is 43.1. The second kappa shape index (κ2) is 14.0. The number of amides is 3. The van der Waals surface area contributed by atoms with Gasteiger partial charge in [0.2, 0.25) is 5.91 Å². The summed E-state index contributed by atoms with van der Waals surface area (Å²) in [5, 5.41) is 5.78. The maximum Gasteiger partial charge on any atom is 0.408 e. The summed E-state index contributed by atoms with van der Waals surface area (Å²) in [6, 6.07) is 19.9. The number of benzene rings is 3. The third-order valence-corrected chi connectivity index (χ3v) is 6.91. The molecule has 2 N–H and O–H groups in total. The summed E-state index contributed by atoms with van der Waals surface area (Å²) in [5.74, 6) is -0.0998. The molecule has 8 heteroatoms. The Balaban J connectivity index is 2.07. The number of carbonyl (C=O) groups excluding carboxylic acids is 3. The van der Waals surface area contributed by atoms with E-state index in [0.29, 0.717) is 17.0 Å². The summed E-state index contributed by atoms with van der Waals surface area (Å²) in [5.41, 5.74) is 3.30. The van der Waals surface area contributed by atoms with Crippen LogP contribution in [0.2, 0.25) is 0 Å². The first-order valence-corrected chi connectivity index (χ1v) is 14.2. The SMILES string of the molecule is COc1ccc(NC(=O)C(c2cccc(C)c2C)N(C(=O)C(Cc2ccccc2)NC(=O)OC(C)(C)C)C(C)C)cc1. The third-order valence-electron chi connectivity index (χ3n) is 6.91. The Hall–Kier alpha value is -4.33. The lowest BCUT2D eigenvalue weighted by molar-refractivity contribution is -0.142. The van der Waals surface area contributed by atoms with Crippen LogP contribution < -0.4 is 15.4 Å². The molecule has 224 valence electrons. The molecule has 3 aromatic rings. The molecular weight excluding hydrogens is 530 g/mol. The lowest BCUT2D eigenvalue weighted by Crippen LogP contribution is -2.55. The Labute approximate surface area is 249 Å². The van der Waals surface area contributed by atoms with Crippen LogP contribution in [-0.4, -0.2) is 47.6 Å². The van der Waals surface area contributed by atoms with E-state index in [4.69, 9.17) is 9.47 Å². The molecule has 0 saturated carbocycles. The van der Waals surface area contributed by atoms with Crippen molar-refractivity contribution >= 4 is 23.6 Å². The number of carbonyl (C=O) groups is 3. The van der Waals surface area contributed by atoms with Crippen LogP contribution in [-0.2, 0) is 20.7 Å². The van der Waals surface area contributed by atoms with Gasteiger partial charge in [-0.05, 0) is 95.0 Å². The second-order valence-electron chi connectivity index (χ2n) is 11.6. The van der Waals surface area contributed by atoms with Crippen molar-refractivity contribution in [2.24, 2.45) is 0 Å². The molecule has 0 aliphatic heterocycles. The fourth-order valence-electron chi connectivity index (χ4n) is 4.73. The molecule has 0 heterocycles. The molecule has 8 nitrogen and oxygen atoms in total. The number of rotatable bonds is 10. The van der Waals surface area contributed by atoms with Gasteiger partial charge in [-0.3, -0.25) is 9.59 Å². The van der Waals surface area contributed by atoms with Crippen molar-refractivity contribution in [3.8, 4) is 5.75 Å². The number of aryl methyl sites for hydroxylation is 1. The van der Waals surface area contributed by atoms with Crippen LogP contribution in [0, 0.1) is 13.8 Å². The predicted molar refractivity (Wildman–Crippen MR) is 166 cm³/mol.